The number of hydrogen-bond donors (Lipinski definition) is 1. The molecule has 3 heterocycles. The fourth-order valence-corrected chi connectivity index (χ4v) is 5.70. The Balaban J connectivity index is 1.48. The lowest BCUT2D eigenvalue weighted by Crippen LogP contribution is -2.46. The average Bonchev–Trinajstić information content (AvgIpc) is 3.33. The third-order valence-electron chi connectivity index (χ3n) is 7.43. The molecule has 7 heteroatoms. The zero-order valence-electron chi connectivity index (χ0n) is 22.2. The fraction of sp³-hybridized carbons (Fsp3) is 0.121. The largest absolute Gasteiger partial charge is 0.337 e. The lowest BCUT2D eigenvalue weighted by molar-refractivity contribution is 0.815. The predicted molar refractivity (Wildman–Crippen MR) is 164 cm³/mol. The molecule has 6 nitrogen and oxygen atoms in total. The van der Waals surface area contributed by atoms with E-state index >= 15 is 0 Å². The van der Waals surface area contributed by atoms with Crippen LogP contribution >= 0.6 is 11.6 Å². The number of aromatic nitrogens is 2. The summed E-state index contributed by atoms with van der Waals surface area (Å²) in [5, 5.41) is 9.25. The number of para-hydroxylation sites is 3. The maximum atomic E-state index is 6.56. The van der Waals surface area contributed by atoms with E-state index in [2.05, 4.69) is 60.5 Å². The van der Waals surface area contributed by atoms with Gasteiger partial charge < -0.3 is 10.2 Å². The van der Waals surface area contributed by atoms with Crippen molar-refractivity contribution < 1.29 is 0 Å². The highest BCUT2D eigenvalue weighted by atomic mass is 35.5. The Bertz CT molecular complexity index is 1790. The molecule has 0 amide bonds. The van der Waals surface area contributed by atoms with Crippen molar-refractivity contribution in [3.63, 3.8) is 0 Å². The third-order valence-corrected chi connectivity index (χ3v) is 7.66. The molecule has 0 fully saturated rings. The van der Waals surface area contributed by atoms with Gasteiger partial charge in [0.25, 0.3) is 0 Å². The number of amidine groups is 2. The van der Waals surface area contributed by atoms with Gasteiger partial charge in [-0.3, -0.25) is 0 Å². The number of aliphatic imine (C=N–C) groups is 2. The van der Waals surface area contributed by atoms with Crippen molar-refractivity contribution in [2.75, 3.05) is 10.2 Å². The minimum absolute atomic E-state index is 0.213. The summed E-state index contributed by atoms with van der Waals surface area (Å²) in [6.45, 7) is 4.21. The number of aryl methyl sites for hydroxylation is 2. The van der Waals surface area contributed by atoms with E-state index in [1.807, 2.05) is 71.4 Å². The van der Waals surface area contributed by atoms with Crippen LogP contribution in [0.25, 0.3) is 5.69 Å². The molecule has 2 aliphatic heterocycles. The van der Waals surface area contributed by atoms with Gasteiger partial charge in [0.05, 0.1) is 28.8 Å². The molecule has 0 saturated heterocycles. The number of halogens is 1. The third kappa shape index (κ3) is 4.08. The van der Waals surface area contributed by atoms with Gasteiger partial charge in [-0.15, -0.1) is 0 Å². The van der Waals surface area contributed by atoms with Crippen LogP contribution in [0.5, 0.6) is 0 Å². The first-order valence-electron chi connectivity index (χ1n) is 13.4. The summed E-state index contributed by atoms with van der Waals surface area (Å²) in [5.74, 6) is 2.20. The van der Waals surface area contributed by atoms with Crippen LogP contribution in [-0.4, -0.2) is 21.5 Å². The van der Waals surface area contributed by atoms with E-state index in [4.69, 9.17) is 26.7 Å². The highest BCUT2D eigenvalue weighted by molar-refractivity contribution is 6.51. The van der Waals surface area contributed by atoms with Crippen molar-refractivity contribution >= 4 is 46.2 Å². The highest BCUT2D eigenvalue weighted by Crippen LogP contribution is 2.48. The molecule has 0 radical (unpaired) electrons. The molecule has 5 aromatic rings. The zero-order chi connectivity index (χ0) is 27.2. The Morgan fingerprint density at radius 2 is 1.62 bits per heavy atom. The summed E-state index contributed by atoms with van der Waals surface area (Å²) in [7, 11) is 0. The van der Waals surface area contributed by atoms with Crippen LogP contribution in [0, 0.1) is 6.92 Å². The molecule has 0 unspecified atom stereocenters. The summed E-state index contributed by atoms with van der Waals surface area (Å²) < 4.78 is 1.93. The van der Waals surface area contributed by atoms with Gasteiger partial charge >= 0.3 is 0 Å². The van der Waals surface area contributed by atoms with Crippen LogP contribution < -0.4 is 10.2 Å². The van der Waals surface area contributed by atoms with Crippen molar-refractivity contribution in [2.24, 2.45) is 9.98 Å². The predicted octanol–water partition coefficient (Wildman–Crippen LogP) is 8.19. The summed E-state index contributed by atoms with van der Waals surface area (Å²) in [4.78, 5) is 12.6. The molecular formula is C33H27ClN6. The van der Waals surface area contributed by atoms with Crippen LogP contribution in [0.3, 0.4) is 0 Å². The Kier molecular flexibility index (Phi) is 5.98. The first-order chi connectivity index (χ1) is 19.6. The molecule has 0 aliphatic carbocycles. The van der Waals surface area contributed by atoms with Gasteiger partial charge in [-0.05, 0) is 73.0 Å². The number of fused-ring (bicyclic) bond motifs is 4. The summed E-state index contributed by atoms with van der Waals surface area (Å²) >= 11 is 6.56. The van der Waals surface area contributed by atoms with Crippen LogP contribution in [0.15, 0.2) is 113 Å². The van der Waals surface area contributed by atoms with Crippen molar-refractivity contribution in [1.29, 1.82) is 0 Å². The number of anilines is 2. The van der Waals surface area contributed by atoms with Crippen molar-refractivity contribution in [2.45, 2.75) is 26.3 Å². The molecule has 1 atom stereocenters. The lowest BCUT2D eigenvalue weighted by atomic mass is 9.93. The van der Waals surface area contributed by atoms with E-state index in [9.17, 15) is 0 Å². The molecule has 7 rings (SSSR count). The number of nitrogens with zero attached hydrogens (tertiary/aromatic N) is 5. The van der Waals surface area contributed by atoms with E-state index in [1.54, 1.807) is 0 Å². The summed E-state index contributed by atoms with van der Waals surface area (Å²) in [6.07, 6.45) is 0.988. The molecule has 2 aliphatic rings. The molecule has 0 spiro atoms. The van der Waals surface area contributed by atoms with E-state index in [-0.39, 0.29) is 6.04 Å². The van der Waals surface area contributed by atoms with Gasteiger partial charge in [0, 0.05) is 16.3 Å². The normalized spacial score (nSPS) is 15.5. The number of hydrogen-bond acceptors (Lipinski definition) is 5. The first-order valence-corrected chi connectivity index (χ1v) is 13.8. The van der Waals surface area contributed by atoms with Gasteiger partial charge in [0.2, 0.25) is 0 Å². The van der Waals surface area contributed by atoms with Gasteiger partial charge in [0.1, 0.15) is 0 Å². The van der Waals surface area contributed by atoms with E-state index in [1.165, 1.54) is 5.56 Å². The van der Waals surface area contributed by atoms with Crippen LogP contribution in [0.2, 0.25) is 5.02 Å². The van der Waals surface area contributed by atoms with Gasteiger partial charge in [-0.2, -0.15) is 5.10 Å². The van der Waals surface area contributed by atoms with Crippen molar-refractivity contribution in [1.82, 2.24) is 9.78 Å². The fourth-order valence-electron chi connectivity index (χ4n) is 5.50. The monoisotopic (exact) mass is 542 g/mol. The summed E-state index contributed by atoms with van der Waals surface area (Å²) in [5.41, 5.74) is 8.05. The van der Waals surface area contributed by atoms with Crippen LogP contribution in [0.1, 0.15) is 35.3 Å². The molecule has 0 saturated carbocycles. The number of nitrogens with one attached hydrogen (secondary N) is 1. The molecule has 1 N–H and O–H groups in total. The topological polar surface area (TPSA) is 57.8 Å². The Labute approximate surface area is 238 Å². The van der Waals surface area contributed by atoms with Crippen LogP contribution in [0.4, 0.5) is 22.9 Å². The first kappa shape index (κ1) is 24.4. The van der Waals surface area contributed by atoms with E-state index in [0.717, 1.165) is 57.6 Å². The van der Waals surface area contributed by atoms with Crippen molar-refractivity contribution in [3.05, 3.63) is 131 Å². The molecule has 1 aromatic heterocycles. The Hall–Kier alpha value is -4.68. The van der Waals surface area contributed by atoms with Crippen molar-refractivity contribution in [3.8, 4) is 5.69 Å². The standard InChI is InChI=1S/C33H27ClN6/c1-3-22-16-18-25(19-17-22)35-31-33-37-32-29(21(2)38-40(32)26-12-5-4-6-13-26)30(23-10-9-11-24(34)20-23)39(33)28-15-8-7-14-27(28)36-31/h4-20,30H,3H2,1-2H3,(H,35,36)/t30-/m0/s1. The van der Waals surface area contributed by atoms with Gasteiger partial charge in [0.15, 0.2) is 17.5 Å². The maximum absolute atomic E-state index is 6.56. The average molecular weight is 543 g/mol. The number of benzene rings is 4. The second kappa shape index (κ2) is 9.81. The Morgan fingerprint density at radius 1 is 0.850 bits per heavy atom. The quantitative estimate of drug-likeness (QED) is 0.249. The van der Waals surface area contributed by atoms with Crippen LogP contribution in [-0.2, 0) is 6.42 Å². The molecule has 40 heavy (non-hydrogen) atoms. The molecule has 196 valence electrons. The minimum Gasteiger partial charge on any atom is -0.337 e. The smallest absolute Gasteiger partial charge is 0.179 e. The van der Waals surface area contributed by atoms with Gasteiger partial charge in [-0.25, -0.2) is 14.7 Å². The number of rotatable bonds is 4. The molecular weight excluding hydrogens is 516 g/mol. The molecule has 0 bridgehead atoms. The molecule has 4 aromatic carbocycles. The summed E-state index contributed by atoms with van der Waals surface area (Å²) in [6, 6.07) is 34.6. The van der Waals surface area contributed by atoms with E-state index < -0.39 is 0 Å². The second-order valence-corrected chi connectivity index (χ2v) is 10.4. The second-order valence-electron chi connectivity index (χ2n) is 9.96. The van der Waals surface area contributed by atoms with E-state index in [0.29, 0.717) is 10.9 Å². The SMILES string of the molecule is CCc1ccc(NC2=Nc3ccccc3N3C2=Nc2c(c(C)nn2-c2ccccc2)[C@@H]3c2cccc(Cl)c2)cc1. The Morgan fingerprint density at radius 3 is 2.40 bits per heavy atom. The van der Waals surface area contributed by atoms with Gasteiger partial charge in [-0.1, -0.05) is 73.1 Å². The lowest BCUT2D eigenvalue weighted by Gasteiger charge is -2.40. The highest BCUT2D eigenvalue weighted by Gasteiger charge is 2.41. The minimum atomic E-state index is -0.213. The zero-order valence-corrected chi connectivity index (χ0v) is 23.0. The maximum Gasteiger partial charge on any atom is 0.179 e.